The Hall–Kier alpha value is -3.36. The van der Waals surface area contributed by atoms with Gasteiger partial charge in [-0.3, -0.25) is 4.79 Å². The van der Waals surface area contributed by atoms with Crippen LogP contribution in [-0.2, 0) is 21.2 Å². The first kappa shape index (κ1) is 24.8. The summed E-state index contributed by atoms with van der Waals surface area (Å²) in [7, 11) is -2.39. The summed E-state index contributed by atoms with van der Waals surface area (Å²) < 4.78 is 34.5. The summed E-state index contributed by atoms with van der Waals surface area (Å²) >= 11 is 0. The van der Waals surface area contributed by atoms with Gasteiger partial charge in [0.25, 0.3) is 0 Å². The molecule has 3 aromatic rings. The van der Waals surface area contributed by atoms with Gasteiger partial charge in [-0.25, -0.2) is 8.42 Å². The van der Waals surface area contributed by atoms with Gasteiger partial charge in [-0.1, -0.05) is 48.5 Å². The van der Waals surface area contributed by atoms with Crippen molar-refractivity contribution in [2.75, 3.05) is 38.2 Å². The van der Waals surface area contributed by atoms with Crippen molar-refractivity contribution < 1.29 is 17.9 Å². The van der Waals surface area contributed by atoms with Gasteiger partial charge in [-0.15, -0.1) is 0 Å². The Labute approximate surface area is 207 Å². The van der Waals surface area contributed by atoms with Gasteiger partial charge >= 0.3 is 0 Å². The summed E-state index contributed by atoms with van der Waals surface area (Å²) in [5.74, 6) is 0.396. The topological polar surface area (TPSA) is 78.9 Å². The molecule has 0 saturated carbocycles. The molecule has 0 aromatic heterocycles. The van der Waals surface area contributed by atoms with Crippen LogP contribution in [0.3, 0.4) is 0 Å². The van der Waals surface area contributed by atoms with Crippen LogP contribution in [0.1, 0.15) is 11.1 Å². The minimum absolute atomic E-state index is 0.107. The van der Waals surface area contributed by atoms with Crippen molar-refractivity contribution in [2.45, 2.75) is 24.3 Å². The van der Waals surface area contributed by atoms with E-state index in [2.05, 4.69) is 21.8 Å². The predicted octanol–water partition coefficient (Wildman–Crippen LogP) is 3.24. The lowest BCUT2D eigenvalue weighted by Gasteiger charge is -2.37. The summed E-state index contributed by atoms with van der Waals surface area (Å²) in [6.07, 6.45) is 0.271. The lowest BCUT2D eigenvalue weighted by atomic mass is 10.1. The third-order valence-electron chi connectivity index (χ3n) is 6.27. The van der Waals surface area contributed by atoms with E-state index in [0.29, 0.717) is 37.5 Å². The number of ether oxygens (including phenoxy) is 1. The van der Waals surface area contributed by atoms with Crippen LogP contribution < -0.4 is 14.4 Å². The number of piperazine rings is 1. The summed E-state index contributed by atoms with van der Waals surface area (Å²) in [5.41, 5.74) is 2.72. The average Bonchev–Trinajstić information content (AvgIpc) is 2.89. The number of anilines is 1. The van der Waals surface area contributed by atoms with Crippen LogP contribution in [0.2, 0.25) is 0 Å². The summed E-state index contributed by atoms with van der Waals surface area (Å²) in [6.45, 7) is 4.23. The molecule has 1 aliphatic heterocycles. The second-order valence-corrected chi connectivity index (χ2v) is 10.4. The molecule has 0 radical (unpaired) electrons. The molecule has 1 N–H and O–H groups in total. The molecule has 35 heavy (non-hydrogen) atoms. The fourth-order valence-electron chi connectivity index (χ4n) is 4.35. The van der Waals surface area contributed by atoms with Crippen LogP contribution in [-0.4, -0.2) is 58.6 Å². The highest BCUT2D eigenvalue weighted by molar-refractivity contribution is 7.89. The number of carbonyl (C=O) groups is 1. The molecule has 0 spiro atoms. The molecule has 1 heterocycles. The number of sulfonamides is 1. The Morgan fingerprint density at radius 1 is 0.943 bits per heavy atom. The smallest absolute Gasteiger partial charge is 0.241 e. The molecular weight excluding hydrogens is 462 g/mol. The maximum Gasteiger partial charge on any atom is 0.241 e. The molecule has 0 unspecified atom stereocenters. The quantitative estimate of drug-likeness (QED) is 0.521. The fourth-order valence-corrected chi connectivity index (χ4v) is 5.62. The lowest BCUT2D eigenvalue weighted by Crippen LogP contribution is -2.55. The number of nitrogens with zero attached hydrogens (tertiary/aromatic N) is 2. The minimum Gasteiger partial charge on any atom is -0.496 e. The van der Waals surface area contributed by atoms with Crippen molar-refractivity contribution in [3.05, 3.63) is 90.0 Å². The van der Waals surface area contributed by atoms with E-state index < -0.39 is 16.1 Å². The van der Waals surface area contributed by atoms with Gasteiger partial charge in [0.15, 0.2) is 0 Å². The van der Waals surface area contributed by atoms with Gasteiger partial charge < -0.3 is 14.5 Å². The number of carbonyl (C=O) groups excluding carboxylic acids is 1. The largest absolute Gasteiger partial charge is 0.496 e. The molecule has 184 valence electrons. The first-order valence-electron chi connectivity index (χ1n) is 11.7. The minimum atomic E-state index is -3.93. The van der Waals surface area contributed by atoms with Crippen molar-refractivity contribution in [3.63, 3.8) is 0 Å². The zero-order valence-corrected chi connectivity index (χ0v) is 20.9. The predicted molar refractivity (Wildman–Crippen MR) is 137 cm³/mol. The van der Waals surface area contributed by atoms with Crippen LogP contribution >= 0.6 is 0 Å². The second kappa shape index (κ2) is 10.9. The van der Waals surface area contributed by atoms with Crippen LogP contribution in [0.25, 0.3) is 0 Å². The number of aryl methyl sites for hydroxylation is 1. The van der Waals surface area contributed by atoms with Crippen LogP contribution in [0.4, 0.5) is 5.69 Å². The number of methoxy groups -OCH3 is 1. The molecule has 0 aliphatic carbocycles. The van der Waals surface area contributed by atoms with Crippen LogP contribution in [0.5, 0.6) is 5.75 Å². The molecule has 0 bridgehead atoms. The van der Waals surface area contributed by atoms with E-state index in [1.165, 1.54) is 6.07 Å². The Morgan fingerprint density at radius 3 is 2.17 bits per heavy atom. The third-order valence-corrected chi connectivity index (χ3v) is 7.74. The number of amides is 1. The van der Waals surface area contributed by atoms with Crippen molar-refractivity contribution in [1.82, 2.24) is 9.62 Å². The van der Waals surface area contributed by atoms with E-state index in [9.17, 15) is 13.2 Å². The zero-order chi connectivity index (χ0) is 24.8. The summed E-state index contributed by atoms with van der Waals surface area (Å²) in [4.78, 5) is 17.7. The first-order chi connectivity index (χ1) is 16.9. The van der Waals surface area contributed by atoms with Crippen molar-refractivity contribution >= 4 is 21.6 Å². The van der Waals surface area contributed by atoms with Crippen molar-refractivity contribution in [1.29, 1.82) is 0 Å². The fraction of sp³-hybridized carbons (Fsp3) is 0.296. The Balaban J connectivity index is 1.52. The zero-order valence-electron chi connectivity index (χ0n) is 20.1. The number of nitrogens with one attached hydrogen (secondary N) is 1. The second-order valence-electron chi connectivity index (χ2n) is 8.64. The highest BCUT2D eigenvalue weighted by Crippen LogP contribution is 2.22. The van der Waals surface area contributed by atoms with Gasteiger partial charge in [0.2, 0.25) is 15.9 Å². The molecule has 1 aliphatic rings. The van der Waals surface area contributed by atoms with Gasteiger partial charge in [0.05, 0.1) is 12.0 Å². The van der Waals surface area contributed by atoms with E-state index >= 15 is 0 Å². The van der Waals surface area contributed by atoms with Crippen LogP contribution in [0, 0.1) is 6.92 Å². The molecule has 1 saturated heterocycles. The van der Waals surface area contributed by atoms with Gasteiger partial charge in [0, 0.05) is 31.9 Å². The molecule has 4 rings (SSSR count). The molecular formula is C27H31N3O4S. The monoisotopic (exact) mass is 493 g/mol. The van der Waals surface area contributed by atoms with E-state index in [4.69, 9.17) is 4.74 Å². The standard InChI is InChI=1S/C27H31N3O4S/c1-21-19-24(13-14-26(21)34-2)35(32,33)28-25(20-22-9-5-3-6-10-22)27(31)30-17-15-29(16-18-30)23-11-7-4-8-12-23/h3-14,19,25,28H,15-18,20H2,1-2H3/t25-/m1/s1. The number of hydrogen-bond donors (Lipinski definition) is 1. The highest BCUT2D eigenvalue weighted by Gasteiger charge is 2.31. The normalized spacial score (nSPS) is 15.0. The lowest BCUT2D eigenvalue weighted by molar-refractivity contribution is -0.133. The SMILES string of the molecule is COc1ccc(S(=O)(=O)N[C@H](Cc2ccccc2)C(=O)N2CCN(c3ccccc3)CC2)cc1C. The molecule has 7 nitrogen and oxygen atoms in total. The van der Waals surface area contributed by atoms with Gasteiger partial charge in [-0.2, -0.15) is 4.72 Å². The van der Waals surface area contributed by atoms with Crippen LogP contribution in [0.15, 0.2) is 83.8 Å². The summed E-state index contributed by atoms with van der Waals surface area (Å²) in [5, 5.41) is 0. The Morgan fingerprint density at radius 2 is 1.57 bits per heavy atom. The van der Waals surface area contributed by atoms with E-state index in [1.807, 2.05) is 48.5 Å². The Kier molecular flexibility index (Phi) is 7.73. The molecule has 1 amide bonds. The number of para-hydroxylation sites is 1. The van der Waals surface area contributed by atoms with Crippen molar-refractivity contribution in [2.24, 2.45) is 0 Å². The van der Waals surface area contributed by atoms with E-state index in [0.717, 1.165) is 11.3 Å². The third kappa shape index (κ3) is 6.01. The molecule has 8 heteroatoms. The maximum absolute atomic E-state index is 13.6. The van der Waals surface area contributed by atoms with Gasteiger partial charge in [-0.05, 0) is 54.8 Å². The van der Waals surface area contributed by atoms with Crippen molar-refractivity contribution in [3.8, 4) is 5.75 Å². The molecule has 1 fully saturated rings. The molecule has 3 aromatic carbocycles. The van der Waals surface area contributed by atoms with Gasteiger partial charge in [0.1, 0.15) is 11.8 Å². The number of hydrogen-bond acceptors (Lipinski definition) is 5. The van der Waals surface area contributed by atoms with E-state index in [-0.39, 0.29) is 17.2 Å². The maximum atomic E-state index is 13.6. The Bertz CT molecular complexity index is 1240. The molecule has 1 atom stereocenters. The number of benzene rings is 3. The average molecular weight is 494 g/mol. The number of rotatable bonds is 8. The highest BCUT2D eigenvalue weighted by atomic mass is 32.2. The summed E-state index contributed by atoms with van der Waals surface area (Å²) in [6, 6.07) is 23.3. The first-order valence-corrected chi connectivity index (χ1v) is 13.2. The van der Waals surface area contributed by atoms with E-state index in [1.54, 1.807) is 31.1 Å².